The minimum absolute atomic E-state index is 0.543. The predicted molar refractivity (Wildman–Crippen MR) is 93.3 cm³/mol. The van der Waals surface area contributed by atoms with Crippen LogP contribution in [0.3, 0.4) is 0 Å². The van der Waals surface area contributed by atoms with Crippen LogP contribution in [0.2, 0.25) is 0 Å². The predicted octanol–water partition coefficient (Wildman–Crippen LogP) is 2.32. The van der Waals surface area contributed by atoms with Crippen molar-refractivity contribution in [2.24, 2.45) is 0 Å². The number of rotatable bonds is 5. The molecule has 1 aliphatic heterocycles. The lowest BCUT2D eigenvalue weighted by Crippen LogP contribution is -2.59. The van der Waals surface area contributed by atoms with Gasteiger partial charge in [-0.2, -0.15) is 0 Å². The van der Waals surface area contributed by atoms with E-state index in [-0.39, 0.29) is 0 Å². The van der Waals surface area contributed by atoms with Crippen LogP contribution in [-0.2, 0) is 33.3 Å². The summed E-state index contributed by atoms with van der Waals surface area (Å²) >= 11 is 1.34. The molecule has 1 fully saturated rings. The van der Waals surface area contributed by atoms with Crippen LogP contribution in [0.5, 0.6) is 0 Å². The summed E-state index contributed by atoms with van der Waals surface area (Å²) in [6, 6.07) is 9.42. The highest BCUT2D eigenvalue weighted by Crippen LogP contribution is 2.37. The minimum atomic E-state index is -0.967. The van der Waals surface area contributed by atoms with Gasteiger partial charge in [-0.1, -0.05) is 30.0 Å². The van der Waals surface area contributed by atoms with Gasteiger partial charge >= 0.3 is 17.9 Å². The zero-order valence-electron chi connectivity index (χ0n) is 15.0. The van der Waals surface area contributed by atoms with E-state index < -0.39 is 47.8 Å². The molecule has 0 saturated carbocycles. The van der Waals surface area contributed by atoms with Gasteiger partial charge in [0.15, 0.2) is 18.3 Å². The van der Waals surface area contributed by atoms with Crippen LogP contribution >= 0.6 is 11.8 Å². The molecule has 0 aromatic heterocycles. The summed E-state index contributed by atoms with van der Waals surface area (Å²) in [4.78, 5) is 35.6. The van der Waals surface area contributed by atoms with Gasteiger partial charge in [0, 0.05) is 25.7 Å². The van der Waals surface area contributed by atoms with Gasteiger partial charge in [-0.15, -0.1) is 0 Å². The van der Waals surface area contributed by atoms with Crippen molar-refractivity contribution in [1.82, 2.24) is 0 Å². The second-order valence-corrected chi connectivity index (χ2v) is 7.03. The number of esters is 3. The van der Waals surface area contributed by atoms with Crippen LogP contribution in [0, 0.1) is 0 Å². The third kappa shape index (κ3) is 5.47. The maximum absolute atomic E-state index is 11.6. The molecule has 0 aliphatic carbocycles. The van der Waals surface area contributed by atoms with E-state index >= 15 is 0 Å². The Balaban J connectivity index is 2.33. The van der Waals surface area contributed by atoms with Gasteiger partial charge in [-0.25, -0.2) is 0 Å². The van der Waals surface area contributed by atoms with Crippen molar-refractivity contribution in [2.75, 3.05) is 0 Å². The number of carbonyl (C=O) groups is 3. The van der Waals surface area contributed by atoms with Gasteiger partial charge in [0.1, 0.15) is 5.44 Å². The average Bonchev–Trinajstić information content (AvgIpc) is 2.54. The first-order valence-corrected chi connectivity index (χ1v) is 9.04. The first kappa shape index (κ1) is 20.3. The quantitative estimate of drug-likeness (QED) is 0.566. The lowest BCUT2D eigenvalue weighted by molar-refractivity contribution is -0.229. The van der Waals surface area contributed by atoms with E-state index in [4.69, 9.17) is 18.9 Å². The number of hydrogen-bond acceptors (Lipinski definition) is 8. The summed E-state index contributed by atoms with van der Waals surface area (Å²) in [5.41, 5.74) is -0.632. The lowest BCUT2D eigenvalue weighted by atomic mass is 10.00. The zero-order chi connectivity index (χ0) is 19.3. The molecule has 5 atom stereocenters. The Hall–Kier alpha value is -2.06. The summed E-state index contributed by atoms with van der Waals surface area (Å²) in [7, 11) is 0. The SMILES string of the molecule is CC(=O)OC1C(C)OC(Sc2ccccc2)C(OC(C)=O)C1OC(C)=O. The van der Waals surface area contributed by atoms with E-state index in [0.717, 1.165) is 4.90 Å². The molecule has 142 valence electrons. The highest BCUT2D eigenvalue weighted by Gasteiger charge is 2.50. The molecule has 0 amide bonds. The van der Waals surface area contributed by atoms with E-state index in [1.54, 1.807) is 6.92 Å². The van der Waals surface area contributed by atoms with Crippen molar-refractivity contribution in [1.29, 1.82) is 0 Å². The molecule has 5 unspecified atom stereocenters. The first-order valence-electron chi connectivity index (χ1n) is 8.16. The van der Waals surface area contributed by atoms with E-state index in [0.29, 0.717) is 0 Å². The number of thioether (sulfide) groups is 1. The van der Waals surface area contributed by atoms with Crippen LogP contribution in [0.15, 0.2) is 35.2 Å². The van der Waals surface area contributed by atoms with Crippen molar-refractivity contribution >= 4 is 29.7 Å². The molecule has 0 spiro atoms. The van der Waals surface area contributed by atoms with Crippen molar-refractivity contribution in [3.05, 3.63) is 30.3 Å². The Morgan fingerprint density at radius 3 is 1.88 bits per heavy atom. The molecular weight excluding hydrogens is 360 g/mol. The van der Waals surface area contributed by atoms with Gasteiger partial charge in [-0.05, 0) is 19.1 Å². The highest BCUT2D eigenvalue weighted by molar-refractivity contribution is 7.99. The molecule has 0 radical (unpaired) electrons. The Morgan fingerprint density at radius 2 is 1.35 bits per heavy atom. The van der Waals surface area contributed by atoms with Crippen molar-refractivity contribution in [3.8, 4) is 0 Å². The highest BCUT2D eigenvalue weighted by atomic mass is 32.2. The van der Waals surface area contributed by atoms with Crippen molar-refractivity contribution in [2.45, 2.75) is 62.4 Å². The van der Waals surface area contributed by atoms with E-state index in [1.165, 1.54) is 32.5 Å². The van der Waals surface area contributed by atoms with Crippen molar-refractivity contribution < 1.29 is 33.3 Å². The molecule has 1 saturated heterocycles. The largest absolute Gasteiger partial charge is 0.456 e. The molecule has 8 heteroatoms. The topological polar surface area (TPSA) is 88.1 Å². The summed E-state index contributed by atoms with van der Waals surface area (Å²) in [6.07, 6.45) is -3.34. The molecule has 7 nitrogen and oxygen atoms in total. The second kappa shape index (κ2) is 9.05. The summed E-state index contributed by atoms with van der Waals surface area (Å²) in [5, 5.41) is 0. The maximum atomic E-state index is 11.6. The van der Waals surface area contributed by atoms with Crippen LogP contribution in [-0.4, -0.2) is 47.8 Å². The minimum Gasteiger partial charge on any atom is -0.456 e. The molecule has 2 rings (SSSR count). The normalized spacial score (nSPS) is 28.1. The Bertz CT molecular complexity index is 648. The maximum Gasteiger partial charge on any atom is 0.303 e. The van der Waals surface area contributed by atoms with Crippen LogP contribution in [0.4, 0.5) is 0 Å². The van der Waals surface area contributed by atoms with Crippen LogP contribution < -0.4 is 0 Å². The lowest BCUT2D eigenvalue weighted by Gasteiger charge is -2.43. The Kier molecular flexibility index (Phi) is 7.05. The van der Waals surface area contributed by atoms with E-state index in [1.807, 2.05) is 30.3 Å². The number of ether oxygens (including phenoxy) is 4. The van der Waals surface area contributed by atoms with Crippen LogP contribution in [0.25, 0.3) is 0 Å². The first-order chi connectivity index (χ1) is 12.3. The van der Waals surface area contributed by atoms with Gasteiger partial charge in [-0.3, -0.25) is 14.4 Å². The smallest absolute Gasteiger partial charge is 0.303 e. The van der Waals surface area contributed by atoms with Gasteiger partial charge in [0.25, 0.3) is 0 Å². The average molecular weight is 382 g/mol. The zero-order valence-corrected chi connectivity index (χ0v) is 15.9. The summed E-state index contributed by atoms with van der Waals surface area (Å²) in [5.74, 6) is -1.66. The molecule has 0 N–H and O–H groups in total. The fourth-order valence-electron chi connectivity index (χ4n) is 2.70. The van der Waals surface area contributed by atoms with E-state index in [2.05, 4.69) is 0 Å². The number of hydrogen-bond donors (Lipinski definition) is 0. The fraction of sp³-hybridized carbons (Fsp3) is 0.500. The molecule has 1 heterocycles. The molecular formula is C18H22O7S. The van der Waals surface area contributed by atoms with E-state index in [9.17, 15) is 14.4 Å². The molecule has 1 aromatic rings. The third-order valence-electron chi connectivity index (χ3n) is 3.63. The van der Waals surface area contributed by atoms with Gasteiger partial charge in [0.2, 0.25) is 0 Å². The van der Waals surface area contributed by atoms with Crippen molar-refractivity contribution in [3.63, 3.8) is 0 Å². The van der Waals surface area contributed by atoms with Crippen LogP contribution in [0.1, 0.15) is 27.7 Å². The summed E-state index contributed by atoms with van der Waals surface area (Å²) in [6.45, 7) is 5.47. The fourth-order valence-corrected chi connectivity index (χ4v) is 3.86. The third-order valence-corrected chi connectivity index (χ3v) is 4.78. The summed E-state index contributed by atoms with van der Waals surface area (Å²) < 4.78 is 22.0. The monoisotopic (exact) mass is 382 g/mol. The van der Waals surface area contributed by atoms with Gasteiger partial charge in [0.05, 0.1) is 6.10 Å². The Morgan fingerprint density at radius 1 is 0.846 bits per heavy atom. The van der Waals surface area contributed by atoms with Gasteiger partial charge < -0.3 is 18.9 Å². The number of benzene rings is 1. The molecule has 26 heavy (non-hydrogen) atoms. The Labute approximate surface area is 156 Å². The number of carbonyl (C=O) groups excluding carboxylic acids is 3. The molecule has 1 aromatic carbocycles. The molecule has 0 bridgehead atoms. The second-order valence-electron chi connectivity index (χ2n) is 5.86. The standard InChI is InChI=1S/C18H22O7S/c1-10-15(23-11(2)19)16(24-12(3)20)17(25-13(4)21)18(22-10)26-14-8-6-5-7-9-14/h5-10,15-18H,1-4H3. The molecule has 1 aliphatic rings.